The molecule has 0 aliphatic heterocycles. The van der Waals surface area contributed by atoms with Crippen LogP contribution in [0.4, 0.5) is 10.5 Å². The molecule has 0 unspecified atom stereocenters. The van der Waals surface area contributed by atoms with Crippen molar-refractivity contribution in [3.63, 3.8) is 0 Å². The zero-order chi connectivity index (χ0) is 27.3. The van der Waals surface area contributed by atoms with Crippen LogP contribution in [0.25, 0.3) is 0 Å². The topological polar surface area (TPSA) is 97.0 Å². The highest BCUT2D eigenvalue weighted by Crippen LogP contribution is 2.14. The van der Waals surface area contributed by atoms with Crippen molar-refractivity contribution in [1.29, 1.82) is 0 Å². The van der Waals surface area contributed by atoms with Crippen LogP contribution in [0.15, 0.2) is 77.8 Å². The summed E-state index contributed by atoms with van der Waals surface area (Å²) in [6, 6.07) is 22.7. The van der Waals surface area contributed by atoms with E-state index >= 15 is 0 Å². The van der Waals surface area contributed by atoms with Crippen molar-refractivity contribution >= 4 is 23.5 Å². The van der Waals surface area contributed by atoms with Crippen molar-refractivity contribution in [3.05, 3.63) is 101 Å². The van der Waals surface area contributed by atoms with Crippen molar-refractivity contribution in [1.82, 2.24) is 4.90 Å². The highest BCUT2D eigenvalue weighted by molar-refractivity contribution is 6.02. The average Bonchev–Trinajstić information content (AvgIpc) is 2.92. The maximum Gasteiger partial charge on any atom is 0.435 e. The molecule has 3 N–H and O–H groups in total. The molecule has 7 heteroatoms. The molecule has 0 heterocycles. The molecule has 0 aromatic heterocycles. The van der Waals surface area contributed by atoms with Gasteiger partial charge in [0.1, 0.15) is 5.84 Å². The minimum Gasteiger partial charge on any atom is -0.448 e. The van der Waals surface area contributed by atoms with Gasteiger partial charge in [0.05, 0.1) is 13.2 Å². The average molecular weight is 511 g/mol. The summed E-state index contributed by atoms with van der Waals surface area (Å²) in [5, 5.41) is 3.24. The van der Waals surface area contributed by atoms with Gasteiger partial charge in [-0.25, -0.2) is 4.79 Å². The second-order valence-electron chi connectivity index (χ2n) is 8.87. The van der Waals surface area contributed by atoms with Crippen LogP contribution in [0.3, 0.4) is 0 Å². The molecule has 0 aliphatic carbocycles. The van der Waals surface area contributed by atoms with Crippen molar-refractivity contribution < 1.29 is 14.3 Å². The lowest BCUT2D eigenvalue weighted by atomic mass is 10.0. The highest BCUT2D eigenvalue weighted by atomic mass is 16.5. The summed E-state index contributed by atoms with van der Waals surface area (Å²) in [6.45, 7) is 5.28. The fourth-order valence-electron chi connectivity index (χ4n) is 3.58. The highest BCUT2D eigenvalue weighted by Gasteiger charge is 2.13. The Kier molecular flexibility index (Phi) is 10.5. The SMILES string of the molecule is CCCCOC(=O)N=C(N)c1ccc(NCC#Cc2cc(C(=O)N(C)Cc3ccccc3)ccc2C)cc1. The van der Waals surface area contributed by atoms with Crippen LogP contribution < -0.4 is 11.1 Å². The van der Waals surface area contributed by atoms with E-state index in [0.717, 1.165) is 35.2 Å². The number of ether oxygens (including phenoxy) is 1. The van der Waals surface area contributed by atoms with Gasteiger partial charge in [-0.15, -0.1) is 0 Å². The Morgan fingerprint density at radius 1 is 1.03 bits per heavy atom. The third-order valence-electron chi connectivity index (χ3n) is 5.81. The van der Waals surface area contributed by atoms with Crippen molar-refractivity contribution in [2.24, 2.45) is 10.7 Å². The predicted octanol–water partition coefficient (Wildman–Crippen LogP) is 5.37. The fourth-order valence-corrected chi connectivity index (χ4v) is 3.58. The summed E-state index contributed by atoms with van der Waals surface area (Å²) in [4.78, 5) is 30.1. The van der Waals surface area contributed by atoms with Crippen LogP contribution in [-0.4, -0.2) is 42.9 Å². The van der Waals surface area contributed by atoms with Gasteiger partial charge in [0, 0.05) is 36.0 Å². The monoisotopic (exact) mass is 510 g/mol. The zero-order valence-electron chi connectivity index (χ0n) is 22.2. The normalized spacial score (nSPS) is 10.8. The number of amidine groups is 1. The van der Waals surface area contributed by atoms with E-state index in [-0.39, 0.29) is 11.7 Å². The molecule has 196 valence electrons. The third-order valence-corrected chi connectivity index (χ3v) is 5.81. The molecule has 7 nitrogen and oxygen atoms in total. The Hall–Kier alpha value is -4.57. The van der Waals surface area contributed by atoms with Crippen LogP contribution >= 0.6 is 0 Å². The molecule has 0 bridgehead atoms. The van der Waals surface area contributed by atoms with Crippen molar-refractivity contribution in [2.75, 3.05) is 25.5 Å². The van der Waals surface area contributed by atoms with E-state index in [9.17, 15) is 9.59 Å². The largest absolute Gasteiger partial charge is 0.448 e. The summed E-state index contributed by atoms with van der Waals surface area (Å²) < 4.78 is 5.01. The minimum absolute atomic E-state index is 0.0489. The number of anilines is 1. The molecule has 0 fully saturated rings. The van der Waals surface area contributed by atoms with Crippen molar-refractivity contribution in [2.45, 2.75) is 33.2 Å². The number of unbranched alkanes of at least 4 members (excludes halogenated alkanes) is 1. The Labute approximate surface area is 224 Å². The number of nitrogens with one attached hydrogen (secondary N) is 1. The molecule has 3 aromatic rings. The molecule has 0 aliphatic rings. The van der Waals surface area contributed by atoms with Gasteiger partial charge in [-0.05, 0) is 60.9 Å². The number of aryl methyl sites for hydroxylation is 1. The van der Waals surface area contributed by atoms with E-state index < -0.39 is 6.09 Å². The molecule has 3 rings (SSSR count). The molecule has 2 amide bonds. The van der Waals surface area contributed by atoms with Gasteiger partial charge in [-0.3, -0.25) is 4.79 Å². The van der Waals surface area contributed by atoms with Gasteiger partial charge in [0.25, 0.3) is 5.91 Å². The van der Waals surface area contributed by atoms with E-state index in [1.807, 2.05) is 74.5 Å². The molecule has 0 spiro atoms. The lowest BCUT2D eigenvalue weighted by Crippen LogP contribution is -2.26. The van der Waals surface area contributed by atoms with Gasteiger partial charge >= 0.3 is 6.09 Å². The number of hydrogen-bond donors (Lipinski definition) is 2. The van der Waals surface area contributed by atoms with Gasteiger partial charge in [-0.1, -0.05) is 61.6 Å². The maximum absolute atomic E-state index is 12.9. The number of benzene rings is 3. The van der Waals surface area contributed by atoms with Crippen LogP contribution in [-0.2, 0) is 11.3 Å². The molecular formula is C31H34N4O3. The smallest absolute Gasteiger partial charge is 0.435 e. The number of amides is 2. The van der Waals surface area contributed by atoms with Gasteiger partial charge in [0.2, 0.25) is 0 Å². The standard InChI is InChI=1S/C31H34N4O3/c1-4-5-20-38-31(37)34-29(32)25-15-17-28(18-16-25)33-19-9-12-26-21-27(14-13-23(26)2)30(36)35(3)22-24-10-7-6-8-11-24/h6-8,10-11,13-18,21,33H,4-5,19-20,22H2,1-3H3,(H2,32,34,37). The number of carbonyl (C=O) groups excluding carboxylic acids is 2. The first kappa shape index (κ1) is 28.0. The maximum atomic E-state index is 12.9. The fraction of sp³-hybridized carbons (Fsp3) is 0.258. The molecule has 0 saturated heterocycles. The number of carbonyl (C=O) groups is 2. The first-order chi connectivity index (χ1) is 18.4. The van der Waals surface area contributed by atoms with E-state index in [1.54, 1.807) is 24.1 Å². The Morgan fingerprint density at radius 3 is 2.45 bits per heavy atom. The summed E-state index contributed by atoms with van der Waals surface area (Å²) in [5.41, 5.74) is 10.9. The van der Waals surface area contributed by atoms with Crippen molar-refractivity contribution in [3.8, 4) is 11.8 Å². The Balaban J connectivity index is 1.56. The van der Waals surface area contributed by atoms with Crippen LogP contribution in [0.2, 0.25) is 0 Å². The second-order valence-corrected chi connectivity index (χ2v) is 8.87. The lowest BCUT2D eigenvalue weighted by molar-refractivity contribution is 0.0785. The summed E-state index contributed by atoms with van der Waals surface area (Å²) in [5.74, 6) is 6.34. The molecule has 38 heavy (non-hydrogen) atoms. The van der Waals surface area contributed by atoms with Crippen LogP contribution in [0.5, 0.6) is 0 Å². The zero-order valence-corrected chi connectivity index (χ0v) is 22.2. The number of nitrogens with two attached hydrogens (primary N) is 1. The lowest BCUT2D eigenvalue weighted by Gasteiger charge is -2.17. The third kappa shape index (κ3) is 8.52. The molecule has 0 radical (unpaired) electrons. The Bertz CT molecular complexity index is 1320. The molecule has 0 saturated carbocycles. The summed E-state index contributed by atoms with van der Waals surface area (Å²) >= 11 is 0. The van der Waals surface area contributed by atoms with Gasteiger partial charge < -0.3 is 20.7 Å². The first-order valence-electron chi connectivity index (χ1n) is 12.6. The Morgan fingerprint density at radius 2 is 1.74 bits per heavy atom. The first-order valence-corrected chi connectivity index (χ1v) is 12.6. The van der Waals surface area contributed by atoms with Crippen LogP contribution in [0.1, 0.15) is 52.4 Å². The van der Waals surface area contributed by atoms with E-state index in [2.05, 4.69) is 22.2 Å². The number of rotatable bonds is 9. The molecular weight excluding hydrogens is 476 g/mol. The van der Waals surface area contributed by atoms with Gasteiger partial charge in [0.15, 0.2) is 0 Å². The summed E-state index contributed by atoms with van der Waals surface area (Å²) in [6.07, 6.45) is 1.04. The van der Waals surface area contributed by atoms with E-state index in [1.165, 1.54) is 0 Å². The predicted molar refractivity (Wildman–Crippen MR) is 152 cm³/mol. The summed E-state index contributed by atoms with van der Waals surface area (Å²) in [7, 11) is 1.80. The number of nitrogens with zero attached hydrogens (tertiary/aromatic N) is 2. The second kappa shape index (κ2) is 14.2. The van der Waals surface area contributed by atoms with Gasteiger partial charge in [-0.2, -0.15) is 4.99 Å². The molecule has 0 atom stereocenters. The quantitative estimate of drug-likeness (QED) is 0.175. The van der Waals surface area contributed by atoms with E-state index in [4.69, 9.17) is 10.5 Å². The molecule has 3 aromatic carbocycles. The minimum atomic E-state index is -0.683. The number of hydrogen-bond acceptors (Lipinski definition) is 4. The van der Waals surface area contributed by atoms with Crippen LogP contribution in [0, 0.1) is 18.8 Å². The van der Waals surface area contributed by atoms with E-state index in [0.29, 0.717) is 30.8 Å². The number of aliphatic imine (C=N–C) groups is 1.